The fourth-order valence-corrected chi connectivity index (χ4v) is 17.0. The fourth-order valence-electron chi connectivity index (χ4n) is 12.1. The van der Waals surface area contributed by atoms with Crippen molar-refractivity contribution in [3.05, 3.63) is 285 Å². The van der Waals surface area contributed by atoms with Crippen molar-refractivity contribution in [2.45, 2.75) is 60.8 Å². The van der Waals surface area contributed by atoms with E-state index < -0.39 is 5.82 Å². The van der Waals surface area contributed by atoms with Crippen LogP contribution in [-0.2, 0) is 19.2 Å². The molecule has 21 nitrogen and oxygen atoms in total. The summed E-state index contributed by atoms with van der Waals surface area (Å²) in [4.78, 5) is 79.9. The van der Waals surface area contributed by atoms with Crippen LogP contribution < -0.4 is 43.0 Å². The molecule has 4 saturated heterocycles. The maximum Gasteiger partial charge on any atom is 0.271 e. The van der Waals surface area contributed by atoms with Gasteiger partial charge in [-0.3, -0.25) is 38.8 Å². The lowest BCUT2D eigenvalue weighted by molar-refractivity contribution is -0.123. The second-order valence-corrected chi connectivity index (χ2v) is 32.8. The number of rotatable bonds is 22. The average Bonchev–Trinajstić information content (AvgIpc) is 1.65. The zero-order valence-corrected chi connectivity index (χ0v) is 74.4. The van der Waals surface area contributed by atoms with Crippen molar-refractivity contribution in [2.24, 2.45) is 20.0 Å². The Morgan fingerprint density at radius 3 is 1.49 bits per heavy atom. The SMILES string of the molecule is CCCCN1C(=O)/C(=C/c2cc(Br)c(O)c(OCC)c2)SC1=Nc1ccccc1.CCCN1C(=O)/C(=C/c2ccc3c(c2)OCO3)SC1=Nc1ccc(OC)cc1.CCOc1cc(/C=C2/SC(=Nc3ccc(C)c(Cl)c3)N(c3ccc(C)c(Cl)c3)C2=O)ccc1O.COc1ccc(C=C2SC(=Nc3ccc(F)cc3)N(c3ccc(F)cc3)C2=O)cc1OC. The molecule has 0 spiro atoms. The third kappa shape index (κ3) is 23.1. The normalized spacial score (nSPS) is 16.8. The van der Waals surface area contributed by atoms with Crippen LogP contribution in [0.25, 0.3) is 24.3 Å². The largest absolute Gasteiger partial charge is 0.504 e. The van der Waals surface area contributed by atoms with E-state index in [1.54, 1.807) is 102 Å². The lowest BCUT2D eigenvalue weighted by atomic mass is 10.1. The molecule has 4 fully saturated rings. The third-order valence-electron chi connectivity index (χ3n) is 18.4. The third-order valence-corrected chi connectivity index (χ3v) is 23.8. The molecular formula is C93H83BrCl2F2N8O13S4. The summed E-state index contributed by atoms with van der Waals surface area (Å²) in [6.07, 6.45) is 9.91. The number of nitrogens with zero attached hydrogens (tertiary/aromatic N) is 8. The van der Waals surface area contributed by atoms with E-state index in [0.29, 0.717) is 133 Å². The molecule has 0 aliphatic carbocycles. The monoisotopic (exact) mass is 1830 g/mol. The Bertz CT molecular complexity index is 5860. The quantitative estimate of drug-likeness (QED) is 0.0600. The molecule has 123 heavy (non-hydrogen) atoms. The van der Waals surface area contributed by atoms with Crippen LogP contribution in [0.2, 0.25) is 10.0 Å². The summed E-state index contributed by atoms with van der Waals surface area (Å²) in [6, 6.07) is 58.7. The number of unbranched alkanes of at least 4 members (excludes halogenated alkanes) is 1. The molecule has 5 aliphatic heterocycles. The van der Waals surface area contributed by atoms with Crippen molar-refractivity contribution in [2.75, 3.05) is 64.2 Å². The number of hydrogen-bond donors (Lipinski definition) is 2. The van der Waals surface area contributed by atoms with Crippen LogP contribution in [0, 0.1) is 25.5 Å². The molecule has 5 aliphatic rings. The minimum absolute atomic E-state index is 0.0308. The molecule has 632 valence electrons. The molecular weight excluding hydrogens is 1750 g/mol. The number of carbonyl (C=O) groups excluding carboxylic acids is 4. The lowest BCUT2D eigenvalue weighted by Crippen LogP contribution is -2.30. The number of phenolic OH excluding ortho intramolecular Hbond substituents is 2. The van der Waals surface area contributed by atoms with E-state index in [1.165, 1.54) is 108 Å². The molecule has 5 heterocycles. The fraction of sp³-hybridized carbons (Fsp3) is 0.183. The van der Waals surface area contributed by atoms with Gasteiger partial charge in [-0.05, 0) is 319 Å². The number of aryl methyl sites for hydroxylation is 2. The smallest absolute Gasteiger partial charge is 0.271 e. The van der Waals surface area contributed by atoms with Crippen LogP contribution in [0.1, 0.15) is 80.3 Å². The molecule has 4 amide bonds. The van der Waals surface area contributed by atoms with Crippen LogP contribution >= 0.6 is 86.2 Å². The van der Waals surface area contributed by atoms with Crippen molar-refractivity contribution in [3.63, 3.8) is 0 Å². The Morgan fingerprint density at radius 2 is 0.911 bits per heavy atom. The zero-order valence-electron chi connectivity index (χ0n) is 68.1. The van der Waals surface area contributed by atoms with Crippen LogP contribution in [0.5, 0.6) is 51.7 Å². The van der Waals surface area contributed by atoms with Crippen LogP contribution in [0.15, 0.2) is 250 Å². The van der Waals surface area contributed by atoms with E-state index >= 15 is 0 Å². The molecule has 2 N–H and O–H groups in total. The number of thioether (sulfide) groups is 4. The first-order chi connectivity index (χ1) is 59.4. The van der Waals surface area contributed by atoms with Crippen LogP contribution in [0.4, 0.5) is 42.9 Å². The van der Waals surface area contributed by atoms with Crippen molar-refractivity contribution < 1.29 is 71.3 Å². The Kier molecular flexibility index (Phi) is 31.5. The van der Waals surface area contributed by atoms with Gasteiger partial charge in [-0.15, -0.1) is 0 Å². The lowest BCUT2D eigenvalue weighted by Gasteiger charge is -2.16. The van der Waals surface area contributed by atoms with Gasteiger partial charge in [0.1, 0.15) is 17.4 Å². The number of ether oxygens (including phenoxy) is 7. The highest BCUT2D eigenvalue weighted by molar-refractivity contribution is 9.10. The van der Waals surface area contributed by atoms with E-state index in [-0.39, 0.29) is 47.7 Å². The molecule has 10 aromatic rings. The number of aromatic hydroxyl groups is 2. The Labute approximate surface area is 746 Å². The predicted molar refractivity (Wildman–Crippen MR) is 497 cm³/mol. The first kappa shape index (κ1) is 90.5. The number of amides is 4. The van der Waals surface area contributed by atoms with E-state index in [2.05, 4.69) is 37.8 Å². The molecule has 0 atom stereocenters. The van der Waals surface area contributed by atoms with Gasteiger partial charge in [-0.25, -0.2) is 28.8 Å². The number of hydrogen-bond acceptors (Lipinski definition) is 21. The van der Waals surface area contributed by atoms with Gasteiger partial charge in [0.15, 0.2) is 66.7 Å². The summed E-state index contributed by atoms with van der Waals surface area (Å²) in [7, 11) is 4.71. The number of methoxy groups -OCH3 is 3. The topological polar surface area (TPSA) is 236 Å². The molecule has 30 heteroatoms. The number of carbonyl (C=O) groups is 4. The molecule has 15 rings (SSSR count). The summed E-state index contributed by atoms with van der Waals surface area (Å²) in [5.41, 5.74) is 8.79. The highest BCUT2D eigenvalue weighted by Gasteiger charge is 2.38. The number of anilines is 2. The van der Waals surface area contributed by atoms with Gasteiger partial charge >= 0.3 is 0 Å². The van der Waals surface area contributed by atoms with E-state index in [9.17, 15) is 38.2 Å². The Balaban J connectivity index is 0.000000150. The van der Waals surface area contributed by atoms with Crippen molar-refractivity contribution in [1.29, 1.82) is 0 Å². The number of phenols is 2. The van der Waals surface area contributed by atoms with Crippen molar-refractivity contribution in [1.82, 2.24) is 9.80 Å². The summed E-state index contributed by atoms with van der Waals surface area (Å²) in [5, 5.41) is 23.5. The number of benzene rings is 10. The number of amidine groups is 4. The summed E-state index contributed by atoms with van der Waals surface area (Å²) in [6.45, 7) is 14.0. The number of aliphatic imine (C=N–C) groups is 4. The predicted octanol–water partition coefficient (Wildman–Crippen LogP) is 23.7. The van der Waals surface area contributed by atoms with E-state index in [0.717, 1.165) is 75.5 Å². The van der Waals surface area contributed by atoms with Gasteiger partial charge in [0, 0.05) is 23.1 Å². The maximum absolute atomic E-state index is 13.5. The van der Waals surface area contributed by atoms with Crippen molar-refractivity contribution in [3.8, 4) is 51.7 Å². The van der Waals surface area contributed by atoms with Gasteiger partial charge in [0.25, 0.3) is 23.6 Å². The van der Waals surface area contributed by atoms with E-state index in [4.69, 9.17) is 61.4 Å². The summed E-state index contributed by atoms with van der Waals surface area (Å²) >= 11 is 21.2. The van der Waals surface area contributed by atoms with Gasteiger partial charge in [-0.2, -0.15) is 0 Å². The Morgan fingerprint density at radius 1 is 0.447 bits per heavy atom. The average molecular weight is 1840 g/mol. The number of fused-ring (bicyclic) bond motifs is 1. The molecule has 0 saturated carbocycles. The van der Waals surface area contributed by atoms with Gasteiger partial charge < -0.3 is 43.4 Å². The minimum atomic E-state index is -0.411. The van der Waals surface area contributed by atoms with E-state index in [1.807, 2.05) is 144 Å². The second kappa shape index (κ2) is 42.8. The minimum Gasteiger partial charge on any atom is -0.504 e. The van der Waals surface area contributed by atoms with Gasteiger partial charge in [-0.1, -0.05) is 92.0 Å². The molecule has 0 radical (unpaired) electrons. The standard InChI is InChI=1S/C26H22Cl2N2O3S.C24H18F2N2O3S.C22H23BrN2O3S.C21H20N2O4S/c1-4-33-23-11-17(7-10-22(23)31)12-24-25(32)30(19-9-6-16(3)21(28)14-19)26(34-24)29-18-8-5-15(2)20(27)13-18;1-30-20-12-3-15(13-21(20)31-2)14-22-23(29)28(19-10-6-17(26)7-11-19)24(32-22)27-18-8-4-16(25)5-9-18;1-3-5-11-25-21(27)19(29-22(25)24-16-9-7-6-8-10-16)14-15-12-17(23)20(26)18(13-15)28-4-2;1-3-10-23-20(24)19(12-14-4-9-17-18(11-14)27-13-26-17)28-21(23)22-15-5-7-16(25-2)8-6-15/h5-14,31H,4H2,1-3H3;3-14H,1-2H3;6-10,12-14,26H,3-5,11H2,1-2H3;4-9,11-12H,3,10,13H2,1-2H3/b24-12+,29-26?;;19-14-,24-22?;19-12-,22-21?. The number of halogens is 5. The Hall–Kier alpha value is -11.8. The zero-order chi connectivity index (χ0) is 87.4. The first-order valence-electron chi connectivity index (χ1n) is 38.7. The van der Waals surface area contributed by atoms with Crippen LogP contribution in [0.3, 0.4) is 0 Å². The summed E-state index contributed by atoms with van der Waals surface area (Å²) < 4.78 is 64.7. The first-order valence-corrected chi connectivity index (χ1v) is 43.5. The molecule has 0 aromatic heterocycles. The van der Waals surface area contributed by atoms with Crippen LogP contribution in [-0.4, -0.2) is 119 Å². The summed E-state index contributed by atoms with van der Waals surface area (Å²) in [5.74, 6) is 2.72. The second-order valence-electron chi connectivity index (χ2n) is 27.1. The number of para-hydroxylation sites is 1. The van der Waals surface area contributed by atoms with Crippen molar-refractivity contribution >= 4 is 189 Å². The highest BCUT2D eigenvalue weighted by atomic mass is 79.9. The molecule has 0 unspecified atom stereocenters. The van der Waals surface area contributed by atoms with Gasteiger partial charge in [0.2, 0.25) is 6.79 Å². The van der Waals surface area contributed by atoms with Gasteiger partial charge in [0.05, 0.1) is 92.8 Å². The highest BCUT2D eigenvalue weighted by Crippen LogP contribution is 2.45. The maximum atomic E-state index is 13.5. The molecule has 10 aromatic carbocycles. The molecule has 0 bridgehead atoms.